The quantitative estimate of drug-likeness (QED) is 0.893. The van der Waals surface area contributed by atoms with Crippen molar-refractivity contribution >= 4 is 23.2 Å². The highest BCUT2D eigenvalue weighted by Crippen LogP contribution is 2.44. The van der Waals surface area contributed by atoms with Gasteiger partial charge in [0.25, 0.3) is 5.91 Å². The van der Waals surface area contributed by atoms with Crippen LogP contribution in [0.25, 0.3) is 0 Å². The van der Waals surface area contributed by atoms with Crippen LogP contribution in [0.5, 0.6) is 5.75 Å². The first-order chi connectivity index (χ1) is 9.57. The molecule has 2 aromatic rings. The van der Waals surface area contributed by atoms with Gasteiger partial charge >= 0.3 is 0 Å². The van der Waals surface area contributed by atoms with E-state index in [1.54, 1.807) is 42.5 Å². The minimum absolute atomic E-state index is 0.390. The number of carbonyl (C=O) groups is 1. The number of nitrogens with one attached hydrogen (secondary N) is 1. The molecule has 102 valence electrons. The van der Waals surface area contributed by atoms with Crippen molar-refractivity contribution in [2.24, 2.45) is 0 Å². The number of carbonyl (C=O) groups excluding carboxylic acids is 1. The molecule has 1 aliphatic rings. The van der Waals surface area contributed by atoms with Gasteiger partial charge in [-0.1, -0.05) is 29.8 Å². The van der Waals surface area contributed by atoms with Crippen LogP contribution in [0.1, 0.15) is 11.1 Å². The largest absolute Gasteiger partial charge is 0.496 e. The molecule has 1 atom stereocenters. The molecule has 1 heterocycles. The Bertz CT molecular complexity index is 701. The maximum absolute atomic E-state index is 12.3. The number of hydrogen-bond acceptors (Lipinski definition) is 3. The van der Waals surface area contributed by atoms with Gasteiger partial charge in [0, 0.05) is 21.8 Å². The topological polar surface area (TPSA) is 58.6 Å². The van der Waals surface area contributed by atoms with Crippen LogP contribution in [0.15, 0.2) is 42.5 Å². The van der Waals surface area contributed by atoms with Crippen LogP contribution in [0.4, 0.5) is 5.69 Å². The molecule has 5 heteroatoms. The van der Waals surface area contributed by atoms with Gasteiger partial charge in [0.2, 0.25) is 0 Å². The standard InChI is InChI=1S/C15H12ClNO3/c1-20-13-5-3-2-4-10(13)15(19)11-8-9(16)6-7-12(11)17-14(15)18/h2-8,19H,1H3,(H,17,18)/t15-/m0/s1. The van der Waals surface area contributed by atoms with Crippen molar-refractivity contribution in [3.8, 4) is 5.75 Å². The molecule has 0 saturated heterocycles. The number of halogens is 1. The lowest BCUT2D eigenvalue weighted by Gasteiger charge is -2.23. The lowest BCUT2D eigenvalue weighted by atomic mass is 9.87. The SMILES string of the molecule is COc1ccccc1[C@@]1(O)C(=O)Nc2ccc(Cl)cc21. The van der Waals surface area contributed by atoms with Gasteiger partial charge in [-0.15, -0.1) is 0 Å². The van der Waals surface area contributed by atoms with Gasteiger partial charge in [-0.05, 0) is 24.3 Å². The van der Waals surface area contributed by atoms with E-state index < -0.39 is 11.5 Å². The monoisotopic (exact) mass is 289 g/mol. The van der Waals surface area contributed by atoms with E-state index in [1.807, 2.05) is 0 Å². The third-order valence-corrected chi connectivity index (χ3v) is 3.68. The van der Waals surface area contributed by atoms with Crippen LogP contribution in [-0.2, 0) is 10.4 Å². The van der Waals surface area contributed by atoms with E-state index in [2.05, 4.69) is 5.32 Å². The molecule has 1 aliphatic heterocycles. The molecule has 2 N–H and O–H groups in total. The number of methoxy groups -OCH3 is 1. The minimum atomic E-state index is -1.80. The zero-order valence-corrected chi connectivity index (χ0v) is 11.4. The predicted octanol–water partition coefficient (Wildman–Crippen LogP) is 2.54. The number of amides is 1. The van der Waals surface area contributed by atoms with Crippen molar-refractivity contribution in [2.75, 3.05) is 12.4 Å². The van der Waals surface area contributed by atoms with Crippen LogP contribution in [0.3, 0.4) is 0 Å². The Kier molecular flexibility index (Phi) is 2.92. The molecule has 0 spiro atoms. The van der Waals surface area contributed by atoms with Gasteiger partial charge in [0.1, 0.15) is 5.75 Å². The lowest BCUT2D eigenvalue weighted by Crippen LogP contribution is -2.35. The second-order valence-electron chi connectivity index (χ2n) is 4.55. The molecule has 0 saturated carbocycles. The fourth-order valence-electron chi connectivity index (χ4n) is 2.47. The minimum Gasteiger partial charge on any atom is -0.496 e. The van der Waals surface area contributed by atoms with Gasteiger partial charge in [-0.25, -0.2) is 0 Å². The first-order valence-electron chi connectivity index (χ1n) is 6.04. The molecule has 3 rings (SSSR count). The maximum Gasteiger partial charge on any atom is 0.266 e. The molecule has 0 aromatic heterocycles. The molecular weight excluding hydrogens is 278 g/mol. The highest BCUT2D eigenvalue weighted by Gasteiger charge is 2.48. The third-order valence-electron chi connectivity index (χ3n) is 3.44. The number of fused-ring (bicyclic) bond motifs is 1. The summed E-state index contributed by atoms with van der Waals surface area (Å²) >= 11 is 5.98. The molecule has 20 heavy (non-hydrogen) atoms. The lowest BCUT2D eigenvalue weighted by molar-refractivity contribution is -0.129. The summed E-state index contributed by atoms with van der Waals surface area (Å²) in [6, 6.07) is 11.8. The zero-order valence-electron chi connectivity index (χ0n) is 10.7. The van der Waals surface area contributed by atoms with Crippen molar-refractivity contribution < 1.29 is 14.6 Å². The second kappa shape index (κ2) is 4.51. The van der Waals surface area contributed by atoms with Gasteiger partial charge < -0.3 is 15.2 Å². The molecule has 2 aromatic carbocycles. The molecule has 4 nitrogen and oxygen atoms in total. The summed E-state index contributed by atoms with van der Waals surface area (Å²) in [5, 5.41) is 14.1. The number of para-hydroxylation sites is 1. The molecule has 0 bridgehead atoms. The van der Waals surface area contributed by atoms with Crippen LogP contribution < -0.4 is 10.1 Å². The molecule has 1 amide bonds. The zero-order chi connectivity index (χ0) is 14.3. The van der Waals surface area contributed by atoms with Crippen molar-refractivity contribution in [3.63, 3.8) is 0 Å². The Morgan fingerprint density at radius 1 is 1.20 bits per heavy atom. The first-order valence-corrected chi connectivity index (χ1v) is 6.42. The van der Waals surface area contributed by atoms with Crippen LogP contribution in [0.2, 0.25) is 5.02 Å². The average molecular weight is 290 g/mol. The number of ether oxygens (including phenoxy) is 1. The Hall–Kier alpha value is -2.04. The van der Waals surface area contributed by atoms with E-state index in [4.69, 9.17) is 16.3 Å². The number of aliphatic hydroxyl groups is 1. The van der Waals surface area contributed by atoms with Gasteiger partial charge in [0.05, 0.1) is 7.11 Å². The van der Waals surface area contributed by atoms with E-state index in [0.717, 1.165) is 0 Å². The van der Waals surface area contributed by atoms with Gasteiger partial charge in [-0.3, -0.25) is 4.79 Å². The Labute approximate surface area is 120 Å². The summed E-state index contributed by atoms with van der Waals surface area (Å²) in [5.41, 5.74) is -0.430. The number of rotatable bonds is 2. The predicted molar refractivity (Wildman–Crippen MR) is 76.1 cm³/mol. The first kappa shape index (κ1) is 13.0. The summed E-state index contributed by atoms with van der Waals surface area (Å²) < 4.78 is 5.24. The molecule has 0 fully saturated rings. The summed E-state index contributed by atoms with van der Waals surface area (Å²) in [6.07, 6.45) is 0. The molecule has 0 radical (unpaired) electrons. The summed E-state index contributed by atoms with van der Waals surface area (Å²) in [6.45, 7) is 0. The van der Waals surface area contributed by atoms with Crippen molar-refractivity contribution in [1.29, 1.82) is 0 Å². The Balaban J connectivity index is 2.27. The maximum atomic E-state index is 12.3. The third kappa shape index (κ3) is 1.69. The van der Waals surface area contributed by atoms with E-state index in [9.17, 15) is 9.90 Å². The number of benzene rings is 2. The van der Waals surface area contributed by atoms with E-state index in [1.165, 1.54) is 7.11 Å². The molecular formula is C15H12ClNO3. The van der Waals surface area contributed by atoms with Crippen molar-refractivity contribution in [1.82, 2.24) is 0 Å². The second-order valence-corrected chi connectivity index (χ2v) is 4.99. The van der Waals surface area contributed by atoms with Crippen molar-refractivity contribution in [3.05, 3.63) is 58.6 Å². The van der Waals surface area contributed by atoms with E-state index >= 15 is 0 Å². The highest BCUT2D eigenvalue weighted by molar-refractivity contribution is 6.31. The highest BCUT2D eigenvalue weighted by atomic mass is 35.5. The Morgan fingerprint density at radius 2 is 1.95 bits per heavy atom. The van der Waals surface area contributed by atoms with Crippen molar-refractivity contribution in [2.45, 2.75) is 5.60 Å². The average Bonchev–Trinajstić information content (AvgIpc) is 2.72. The number of anilines is 1. The van der Waals surface area contributed by atoms with Gasteiger partial charge in [-0.2, -0.15) is 0 Å². The normalized spacial score (nSPS) is 20.4. The van der Waals surface area contributed by atoms with Crippen LogP contribution in [-0.4, -0.2) is 18.1 Å². The van der Waals surface area contributed by atoms with Crippen LogP contribution >= 0.6 is 11.6 Å². The molecule has 0 aliphatic carbocycles. The van der Waals surface area contributed by atoms with E-state index in [-0.39, 0.29) is 0 Å². The summed E-state index contributed by atoms with van der Waals surface area (Å²) in [5.74, 6) is -0.0720. The summed E-state index contributed by atoms with van der Waals surface area (Å²) in [7, 11) is 1.49. The van der Waals surface area contributed by atoms with Crippen LogP contribution in [0, 0.1) is 0 Å². The van der Waals surface area contributed by atoms with E-state index in [0.29, 0.717) is 27.6 Å². The smallest absolute Gasteiger partial charge is 0.266 e. The summed E-state index contributed by atoms with van der Waals surface area (Å²) in [4.78, 5) is 12.3. The Morgan fingerprint density at radius 3 is 2.70 bits per heavy atom. The van der Waals surface area contributed by atoms with Gasteiger partial charge in [0.15, 0.2) is 5.60 Å². The fourth-order valence-corrected chi connectivity index (χ4v) is 2.64. The molecule has 0 unspecified atom stereocenters. The fraction of sp³-hybridized carbons (Fsp3) is 0.133. The number of hydrogen-bond donors (Lipinski definition) is 2.